The summed E-state index contributed by atoms with van der Waals surface area (Å²) in [5.41, 5.74) is 3.25. The molecule has 1 saturated heterocycles. The van der Waals surface area contributed by atoms with Gasteiger partial charge < -0.3 is 9.15 Å². The summed E-state index contributed by atoms with van der Waals surface area (Å²) in [4.78, 5) is 6.89. The van der Waals surface area contributed by atoms with Crippen LogP contribution in [0, 0.1) is 6.92 Å². The zero-order valence-corrected chi connectivity index (χ0v) is 11.1. The van der Waals surface area contributed by atoms with E-state index in [0.717, 1.165) is 44.1 Å². The fraction of sp³-hybridized carbons (Fsp3) is 0.400. The van der Waals surface area contributed by atoms with Gasteiger partial charge in [-0.25, -0.2) is 4.98 Å². The number of hydrogen-bond donors (Lipinski definition) is 0. The fourth-order valence-electron chi connectivity index (χ4n) is 2.20. The number of nitrogens with zero attached hydrogens (tertiary/aromatic N) is 2. The molecule has 4 nitrogen and oxygen atoms in total. The van der Waals surface area contributed by atoms with Crippen molar-refractivity contribution in [3.63, 3.8) is 0 Å². The van der Waals surface area contributed by atoms with Crippen LogP contribution in [-0.2, 0) is 11.3 Å². The molecule has 0 bridgehead atoms. The van der Waals surface area contributed by atoms with Gasteiger partial charge in [0.05, 0.1) is 18.9 Å². The summed E-state index contributed by atoms with van der Waals surface area (Å²) in [5.74, 6) is 0.697. The van der Waals surface area contributed by atoms with E-state index in [9.17, 15) is 0 Å². The number of morpholine rings is 1. The van der Waals surface area contributed by atoms with Crippen molar-refractivity contribution in [2.45, 2.75) is 13.5 Å². The van der Waals surface area contributed by atoms with Crippen LogP contribution in [-0.4, -0.2) is 36.2 Å². The van der Waals surface area contributed by atoms with Crippen LogP contribution in [0.1, 0.15) is 11.3 Å². The zero-order chi connectivity index (χ0) is 13.1. The van der Waals surface area contributed by atoms with Crippen molar-refractivity contribution < 1.29 is 9.15 Å². The van der Waals surface area contributed by atoms with Crippen LogP contribution in [0.15, 0.2) is 34.9 Å². The van der Waals surface area contributed by atoms with Gasteiger partial charge in [0.15, 0.2) is 0 Å². The van der Waals surface area contributed by atoms with Gasteiger partial charge in [0.2, 0.25) is 5.89 Å². The SMILES string of the molecule is Cc1ccc(-c2nc(CN3CCOCC3)co2)cc1. The highest BCUT2D eigenvalue weighted by Gasteiger charge is 2.13. The summed E-state index contributed by atoms with van der Waals surface area (Å²) >= 11 is 0. The molecule has 1 aromatic heterocycles. The Labute approximate surface area is 113 Å². The lowest BCUT2D eigenvalue weighted by molar-refractivity contribution is 0.0336. The monoisotopic (exact) mass is 258 g/mol. The first-order valence-electron chi connectivity index (χ1n) is 6.63. The van der Waals surface area contributed by atoms with E-state index in [4.69, 9.17) is 9.15 Å². The maximum atomic E-state index is 5.56. The standard InChI is InChI=1S/C15H18N2O2/c1-12-2-4-13(5-3-12)15-16-14(11-19-15)10-17-6-8-18-9-7-17/h2-5,11H,6-10H2,1H3. The van der Waals surface area contributed by atoms with Crippen molar-refractivity contribution in [2.24, 2.45) is 0 Å². The first kappa shape index (κ1) is 12.4. The van der Waals surface area contributed by atoms with Crippen LogP contribution in [0.4, 0.5) is 0 Å². The Kier molecular flexibility index (Phi) is 3.62. The van der Waals surface area contributed by atoms with E-state index >= 15 is 0 Å². The van der Waals surface area contributed by atoms with Crippen LogP contribution >= 0.6 is 0 Å². The number of rotatable bonds is 3. The van der Waals surface area contributed by atoms with Crippen molar-refractivity contribution >= 4 is 0 Å². The number of benzene rings is 1. The minimum atomic E-state index is 0.697. The van der Waals surface area contributed by atoms with Crippen LogP contribution in [0.25, 0.3) is 11.5 Å². The molecule has 0 amide bonds. The summed E-state index contributed by atoms with van der Waals surface area (Å²) in [6.45, 7) is 6.45. The van der Waals surface area contributed by atoms with Crippen molar-refractivity contribution in [3.8, 4) is 11.5 Å². The van der Waals surface area contributed by atoms with Crippen LogP contribution in [0.2, 0.25) is 0 Å². The maximum absolute atomic E-state index is 5.56. The second kappa shape index (κ2) is 5.55. The summed E-state index contributed by atoms with van der Waals surface area (Å²) in [7, 11) is 0. The lowest BCUT2D eigenvalue weighted by atomic mass is 10.1. The van der Waals surface area contributed by atoms with Crippen molar-refractivity contribution in [1.29, 1.82) is 0 Å². The number of ether oxygens (including phenoxy) is 1. The zero-order valence-electron chi connectivity index (χ0n) is 11.1. The molecule has 1 aliphatic heterocycles. The summed E-state index contributed by atoms with van der Waals surface area (Å²) in [6, 6.07) is 8.22. The maximum Gasteiger partial charge on any atom is 0.226 e. The van der Waals surface area contributed by atoms with Crippen LogP contribution in [0.5, 0.6) is 0 Å². The lowest BCUT2D eigenvalue weighted by Crippen LogP contribution is -2.35. The van der Waals surface area contributed by atoms with Gasteiger partial charge in [-0.2, -0.15) is 0 Å². The third-order valence-electron chi connectivity index (χ3n) is 3.34. The quantitative estimate of drug-likeness (QED) is 0.847. The van der Waals surface area contributed by atoms with E-state index in [0.29, 0.717) is 5.89 Å². The Bertz CT molecular complexity index is 527. The molecule has 3 rings (SSSR count). The summed E-state index contributed by atoms with van der Waals surface area (Å²) in [6.07, 6.45) is 1.75. The predicted molar refractivity (Wildman–Crippen MR) is 72.8 cm³/mol. The van der Waals surface area contributed by atoms with Gasteiger partial charge in [0, 0.05) is 25.2 Å². The molecule has 0 spiro atoms. The molecule has 1 fully saturated rings. The third-order valence-corrected chi connectivity index (χ3v) is 3.34. The van der Waals surface area contributed by atoms with Crippen molar-refractivity contribution in [1.82, 2.24) is 9.88 Å². The topological polar surface area (TPSA) is 38.5 Å². The first-order valence-corrected chi connectivity index (χ1v) is 6.63. The van der Waals surface area contributed by atoms with Gasteiger partial charge in [0.25, 0.3) is 0 Å². The Morgan fingerprint density at radius 2 is 1.89 bits per heavy atom. The molecule has 1 aromatic carbocycles. The molecular formula is C15H18N2O2. The molecule has 0 saturated carbocycles. The molecule has 0 radical (unpaired) electrons. The second-order valence-corrected chi connectivity index (χ2v) is 4.90. The van der Waals surface area contributed by atoms with Gasteiger partial charge in [0.1, 0.15) is 6.26 Å². The minimum absolute atomic E-state index is 0.697. The number of aryl methyl sites for hydroxylation is 1. The van der Waals surface area contributed by atoms with E-state index in [2.05, 4.69) is 28.9 Å². The van der Waals surface area contributed by atoms with Gasteiger partial charge >= 0.3 is 0 Å². The van der Waals surface area contributed by atoms with Gasteiger partial charge in [-0.15, -0.1) is 0 Å². The first-order chi connectivity index (χ1) is 9.31. The van der Waals surface area contributed by atoms with Gasteiger partial charge in [-0.05, 0) is 19.1 Å². The molecule has 0 aliphatic carbocycles. The summed E-state index contributed by atoms with van der Waals surface area (Å²) < 4.78 is 10.9. The number of aromatic nitrogens is 1. The Hall–Kier alpha value is -1.65. The molecule has 4 heteroatoms. The van der Waals surface area contributed by atoms with Crippen LogP contribution in [0.3, 0.4) is 0 Å². The molecule has 19 heavy (non-hydrogen) atoms. The number of hydrogen-bond acceptors (Lipinski definition) is 4. The normalized spacial score (nSPS) is 16.7. The lowest BCUT2D eigenvalue weighted by Gasteiger charge is -2.25. The minimum Gasteiger partial charge on any atom is -0.444 e. The average Bonchev–Trinajstić information content (AvgIpc) is 2.89. The Balaban J connectivity index is 1.70. The number of oxazole rings is 1. The van der Waals surface area contributed by atoms with E-state index in [1.54, 1.807) is 6.26 Å². The fourth-order valence-corrected chi connectivity index (χ4v) is 2.20. The van der Waals surface area contributed by atoms with E-state index in [1.807, 2.05) is 12.1 Å². The molecule has 2 heterocycles. The van der Waals surface area contributed by atoms with Crippen molar-refractivity contribution in [3.05, 3.63) is 41.8 Å². The third kappa shape index (κ3) is 3.03. The average molecular weight is 258 g/mol. The summed E-state index contributed by atoms with van der Waals surface area (Å²) in [5, 5.41) is 0. The molecule has 0 unspecified atom stereocenters. The van der Waals surface area contributed by atoms with Crippen molar-refractivity contribution in [2.75, 3.05) is 26.3 Å². The molecule has 0 N–H and O–H groups in total. The Morgan fingerprint density at radius 1 is 1.16 bits per heavy atom. The molecule has 0 atom stereocenters. The molecule has 2 aromatic rings. The largest absolute Gasteiger partial charge is 0.444 e. The second-order valence-electron chi connectivity index (χ2n) is 4.90. The highest BCUT2D eigenvalue weighted by molar-refractivity contribution is 5.53. The molecular weight excluding hydrogens is 240 g/mol. The van der Waals surface area contributed by atoms with Crippen LogP contribution < -0.4 is 0 Å². The predicted octanol–water partition coefficient (Wildman–Crippen LogP) is 2.48. The van der Waals surface area contributed by atoms with E-state index in [-0.39, 0.29) is 0 Å². The smallest absolute Gasteiger partial charge is 0.226 e. The molecule has 100 valence electrons. The highest BCUT2D eigenvalue weighted by atomic mass is 16.5. The highest BCUT2D eigenvalue weighted by Crippen LogP contribution is 2.19. The van der Waals surface area contributed by atoms with E-state index in [1.165, 1.54) is 5.56 Å². The Morgan fingerprint density at radius 3 is 2.63 bits per heavy atom. The van der Waals surface area contributed by atoms with E-state index < -0.39 is 0 Å². The molecule has 1 aliphatic rings. The van der Waals surface area contributed by atoms with Gasteiger partial charge in [-0.3, -0.25) is 4.90 Å². The van der Waals surface area contributed by atoms with Gasteiger partial charge in [-0.1, -0.05) is 17.7 Å².